The van der Waals surface area contributed by atoms with E-state index in [0.717, 1.165) is 6.54 Å². The number of carbonyl (C=O) groups excluding carboxylic acids is 2. The number of rotatable bonds is 5. The smallest absolute Gasteiger partial charge is 0.268 e. The molecule has 7 nitrogen and oxygen atoms in total. The van der Waals surface area contributed by atoms with Gasteiger partial charge in [0, 0.05) is 19.6 Å². The summed E-state index contributed by atoms with van der Waals surface area (Å²) in [7, 11) is 0. The zero-order valence-electron chi connectivity index (χ0n) is 12.0. The van der Waals surface area contributed by atoms with Gasteiger partial charge in [0.05, 0.1) is 11.6 Å². The van der Waals surface area contributed by atoms with E-state index in [0.29, 0.717) is 31.0 Å². The highest BCUT2D eigenvalue weighted by atomic mass is 16.5. The number of nitrogens with two attached hydrogens (primary N) is 1. The fourth-order valence-corrected chi connectivity index (χ4v) is 2.27. The van der Waals surface area contributed by atoms with E-state index in [2.05, 4.69) is 10.7 Å². The van der Waals surface area contributed by atoms with E-state index < -0.39 is 5.91 Å². The van der Waals surface area contributed by atoms with Crippen LogP contribution in [0.15, 0.2) is 24.3 Å². The number of nitrogen functional groups attached to an aromatic ring is 1. The molecule has 1 aromatic carbocycles. The van der Waals surface area contributed by atoms with Crippen LogP contribution in [0.3, 0.4) is 0 Å². The predicted molar refractivity (Wildman–Crippen MR) is 77.6 cm³/mol. The largest absolute Gasteiger partial charge is 0.491 e. The number of hydrazine groups is 1. The Labute approximate surface area is 123 Å². The first kappa shape index (κ1) is 15.3. The highest BCUT2D eigenvalue weighted by molar-refractivity contribution is 5.96. The Morgan fingerprint density at radius 3 is 3.05 bits per heavy atom. The van der Waals surface area contributed by atoms with Crippen molar-refractivity contribution in [3.05, 3.63) is 29.8 Å². The second-order valence-electron chi connectivity index (χ2n) is 4.82. The van der Waals surface area contributed by atoms with Gasteiger partial charge in [0.1, 0.15) is 12.4 Å². The van der Waals surface area contributed by atoms with Crippen molar-refractivity contribution in [2.75, 3.05) is 26.2 Å². The van der Waals surface area contributed by atoms with E-state index in [4.69, 9.17) is 10.6 Å². The van der Waals surface area contributed by atoms with Gasteiger partial charge < -0.3 is 10.1 Å². The molecule has 7 heteroatoms. The number of hydrogen-bond acceptors (Lipinski definition) is 5. The zero-order chi connectivity index (χ0) is 15.2. The number of para-hydroxylation sites is 1. The highest BCUT2D eigenvalue weighted by Crippen LogP contribution is 2.17. The maximum Gasteiger partial charge on any atom is 0.268 e. The van der Waals surface area contributed by atoms with Gasteiger partial charge in [0.2, 0.25) is 5.91 Å². The molecule has 21 heavy (non-hydrogen) atoms. The standard InChI is InChI=1S/C14H20N4O3/c1-10-13(19)16-6-7-18(10)8-9-21-12-5-3-2-4-11(12)14(20)17-15/h2-5,10H,6-9,15H2,1H3,(H,16,19)(H,17,20). The molecule has 2 amide bonds. The van der Waals surface area contributed by atoms with Crippen molar-refractivity contribution in [3.63, 3.8) is 0 Å². The summed E-state index contributed by atoms with van der Waals surface area (Å²) in [6.45, 7) is 4.32. The molecule has 1 aliphatic heterocycles. The molecule has 1 unspecified atom stereocenters. The van der Waals surface area contributed by atoms with Gasteiger partial charge in [-0.25, -0.2) is 5.84 Å². The number of benzene rings is 1. The molecule has 0 spiro atoms. The van der Waals surface area contributed by atoms with Crippen LogP contribution in [-0.4, -0.2) is 49.0 Å². The van der Waals surface area contributed by atoms with Gasteiger partial charge in [-0.2, -0.15) is 0 Å². The van der Waals surface area contributed by atoms with E-state index in [1.165, 1.54) is 0 Å². The lowest BCUT2D eigenvalue weighted by atomic mass is 10.2. The van der Waals surface area contributed by atoms with Gasteiger partial charge >= 0.3 is 0 Å². The van der Waals surface area contributed by atoms with E-state index in [9.17, 15) is 9.59 Å². The summed E-state index contributed by atoms with van der Waals surface area (Å²) in [5.74, 6) is 5.26. The van der Waals surface area contributed by atoms with Gasteiger partial charge in [-0.05, 0) is 19.1 Å². The topological polar surface area (TPSA) is 96.7 Å². The number of nitrogens with zero attached hydrogens (tertiary/aromatic N) is 1. The van der Waals surface area contributed by atoms with Crippen LogP contribution in [0, 0.1) is 0 Å². The number of nitrogens with one attached hydrogen (secondary N) is 2. The number of carbonyl (C=O) groups is 2. The van der Waals surface area contributed by atoms with Gasteiger partial charge in [0.15, 0.2) is 0 Å². The SMILES string of the molecule is CC1C(=O)NCCN1CCOc1ccccc1C(=O)NN. The molecule has 0 saturated carbocycles. The molecule has 114 valence electrons. The van der Waals surface area contributed by atoms with E-state index >= 15 is 0 Å². The molecule has 1 saturated heterocycles. The average Bonchev–Trinajstić information content (AvgIpc) is 2.51. The van der Waals surface area contributed by atoms with Gasteiger partial charge in [0.25, 0.3) is 5.91 Å². The Hall–Kier alpha value is -2.12. The summed E-state index contributed by atoms with van der Waals surface area (Å²) in [6.07, 6.45) is 0. The summed E-state index contributed by atoms with van der Waals surface area (Å²) < 4.78 is 5.66. The normalized spacial score (nSPS) is 19.0. The Kier molecular flexibility index (Phi) is 5.13. The average molecular weight is 292 g/mol. The van der Waals surface area contributed by atoms with Gasteiger partial charge in [-0.1, -0.05) is 12.1 Å². The molecule has 0 aromatic heterocycles. The molecule has 0 radical (unpaired) electrons. The van der Waals surface area contributed by atoms with Crippen molar-refractivity contribution in [2.45, 2.75) is 13.0 Å². The number of ether oxygens (including phenoxy) is 1. The van der Waals surface area contributed by atoms with Crippen molar-refractivity contribution in [1.29, 1.82) is 0 Å². The number of amides is 2. The third-order valence-corrected chi connectivity index (χ3v) is 3.52. The molecule has 1 aliphatic rings. The van der Waals surface area contributed by atoms with Crippen LogP contribution in [-0.2, 0) is 4.79 Å². The summed E-state index contributed by atoms with van der Waals surface area (Å²) in [6, 6.07) is 6.74. The van der Waals surface area contributed by atoms with Crippen LogP contribution in [0.25, 0.3) is 0 Å². The quantitative estimate of drug-likeness (QED) is 0.386. The maximum absolute atomic E-state index is 11.6. The molecule has 2 rings (SSSR count). The van der Waals surface area contributed by atoms with Crippen LogP contribution in [0.5, 0.6) is 5.75 Å². The molecule has 1 heterocycles. The second-order valence-corrected chi connectivity index (χ2v) is 4.82. The number of piperazine rings is 1. The van der Waals surface area contributed by atoms with Crippen molar-refractivity contribution in [2.24, 2.45) is 5.84 Å². The minimum absolute atomic E-state index is 0.0316. The van der Waals surface area contributed by atoms with E-state index in [1.807, 2.05) is 11.8 Å². The fourth-order valence-electron chi connectivity index (χ4n) is 2.27. The van der Waals surface area contributed by atoms with Crippen LogP contribution >= 0.6 is 0 Å². The Morgan fingerprint density at radius 1 is 1.52 bits per heavy atom. The summed E-state index contributed by atoms with van der Waals surface area (Å²) >= 11 is 0. The van der Waals surface area contributed by atoms with Crippen LogP contribution in [0.1, 0.15) is 17.3 Å². The molecule has 4 N–H and O–H groups in total. The van der Waals surface area contributed by atoms with E-state index in [-0.39, 0.29) is 11.9 Å². The monoisotopic (exact) mass is 292 g/mol. The van der Waals surface area contributed by atoms with Gasteiger partial charge in [-0.3, -0.25) is 19.9 Å². The molecular formula is C14H20N4O3. The lowest BCUT2D eigenvalue weighted by Gasteiger charge is -2.32. The second kappa shape index (κ2) is 7.05. The number of hydrogen-bond donors (Lipinski definition) is 3. The van der Waals surface area contributed by atoms with Crippen molar-refractivity contribution >= 4 is 11.8 Å². The molecule has 1 aromatic rings. The first-order valence-corrected chi connectivity index (χ1v) is 6.88. The van der Waals surface area contributed by atoms with Crippen molar-refractivity contribution in [3.8, 4) is 5.75 Å². The van der Waals surface area contributed by atoms with Gasteiger partial charge in [-0.15, -0.1) is 0 Å². The summed E-state index contributed by atoms with van der Waals surface area (Å²) in [4.78, 5) is 25.2. The summed E-state index contributed by atoms with van der Waals surface area (Å²) in [5.41, 5.74) is 2.49. The third kappa shape index (κ3) is 3.71. The molecule has 0 bridgehead atoms. The zero-order valence-corrected chi connectivity index (χ0v) is 12.0. The highest BCUT2D eigenvalue weighted by Gasteiger charge is 2.24. The Bertz CT molecular complexity index is 521. The molecule has 0 aliphatic carbocycles. The fraction of sp³-hybridized carbons (Fsp3) is 0.429. The Morgan fingerprint density at radius 2 is 2.29 bits per heavy atom. The van der Waals surface area contributed by atoms with Crippen LogP contribution in [0.2, 0.25) is 0 Å². The van der Waals surface area contributed by atoms with Crippen LogP contribution < -0.4 is 21.3 Å². The maximum atomic E-state index is 11.6. The lowest BCUT2D eigenvalue weighted by Crippen LogP contribution is -2.54. The van der Waals surface area contributed by atoms with Crippen LogP contribution in [0.4, 0.5) is 0 Å². The third-order valence-electron chi connectivity index (χ3n) is 3.52. The first-order chi connectivity index (χ1) is 10.1. The molecule has 1 atom stereocenters. The van der Waals surface area contributed by atoms with Crippen molar-refractivity contribution < 1.29 is 14.3 Å². The summed E-state index contributed by atoms with van der Waals surface area (Å²) in [5, 5.41) is 2.81. The molecular weight excluding hydrogens is 272 g/mol. The van der Waals surface area contributed by atoms with E-state index in [1.54, 1.807) is 24.3 Å². The predicted octanol–water partition coefficient (Wildman–Crippen LogP) is -0.511. The molecule has 1 fully saturated rings. The minimum Gasteiger partial charge on any atom is -0.491 e. The lowest BCUT2D eigenvalue weighted by molar-refractivity contribution is -0.128. The Balaban J connectivity index is 1.92. The first-order valence-electron chi connectivity index (χ1n) is 6.88. The minimum atomic E-state index is -0.392. The van der Waals surface area contributed by atoms with Crippen molar-refractivity contribution in [1.82, 2.24) is 15.6 Å².